The fourth-order valence-corrected chi connectivity index (χ4v) is 3.86. The second kappa shape index (κ2) is 7.14. The van der Waals surface area contributed by atoms with Crippen LogP contribution in [0.4, 0.5) is 10.7 Å². The third kappa shape index (κ3) is 4.00. The molecule has 0 aliphatic carbocycles. The second-order valence-corrected chi connectivity index (χ2v) is 7.58. The van der Waals surface area contributed by atoms with Crippen molar-refractivity contribution in [2.24, 2.45) is 0 Å². The van der Waals surface area contributed by atoms with Crippen molar-refractivity contribution < 1.29 is 13.2 Å². The highest BCUT2D eigenvalue weighted by molar-refractivity contribution is 7.90. The molecular weight excluding hydrogens is 376 g/mol. The second-order valence-electron chi connectivity index (χ2n) is 5.32. The number of nitrogens with one attached hydrogen (secondary N) is 2. The molecule has 0 fully saturated rings. The fraction of sp³-hybridized carbons (Fsp3) is 0.133. The lowest BCUT2D eigenvalue weighted by atomic mass is 10.2. The van der Waals surface area contributed by atoms with Crippen LogP contribution in [0.15, 0.2) is 40.6 Å². The molecule has 3 aromatic rings. The summed E-state index contributed by atoms with van der Waals surface area (Å²) in [6.45, 7) is 3.49. The summed E-state index contributed by atoms with van der Waals surface area (Å²) in [5, 5.41) is 7.83. The predicted octanol–water partition coefficient (Wildman–Crippen LogP) is 2.12. The zero-order valence-corrected chi connectivity index (χ0v) is 15.4. The molecule has 9 nitrogen and oxygen atoms in total. The molecule has 0 spiro atoms. The van der Waals surface area contributed by atoms with Gasteiger partial charge >= 0.3 is 6.03 Å². The number of rotatable bonds is 4. The van der Waals surface area contributed by atoms with E-state index in [0.717, 1.165) is 11.5 Å². The summed E-state index contributed by atoms with van der Waals surface area (Å²) in [5.74, 6) is 0.0205. The van der Waals surface area contributed by atoms with Crippen LogP contribution in [0, 0.1) is 13.8 Å². The van der Waals surface area contributed by atoms with Crippen molar-refractivity contribution >= 4 is 33.5 Å². The topological polar surface area (TPSA) is 127 Å². The lowest BCUT2D eigenvalue weighted by Crippen LogP contribution is -2.35. The average Bonchev–Trinajstić information content (AvgIpc) is 3.07. The minimum Gasteiger partial charge on any atom is -0.275 e. The number of urea groups is 1. The molecular formula is C15H14N6O3S2. The minimum atomic E-state index is -4.14. The first kappa shape index (κ1) is 17.9. The number of aromatic nitrogens is 4. The standard InChI is InChI=1S/C15H14N6O3S2/c1-9-7-10(2)17-14(16-9)18-15(22)20-26(23,24)13-6-4-3-5-11(13)12-8-25-21-19-12/h3-8H,1-2H3,(H2,16,17,18,20,22). The molecule has 3 rings (SSSR count). The number of aryl methyl sites for hydroxylation is 2. The maximum atomic E-state index is 12.6. The van der Waals surface area contributed by atoms with Crippen LogP contribution in [-0.2, 0) is 10.0 Å². The Labute approximate surface area is 153 Å². The number of benzene rings is 1. The molecule has 2 aromatic heterocycles. The SMILES string of the molecule is Cc1cc(C)nc(NC(=O)NS(=O)(=O)c2ccccc2-c2csnn2)n1. The van der Waals surface area contributed by atoms with E-state index in [9.17, 15) is 13.2 Å². The van der Waals surface area contributed by atoms with E-state index in [4.69, 9.17) is 0 Å². The average molecular weight is 390 g/mol. The smallest absolute Gasteiger partial charge is 0.275 e. The maximum Gasteiger partial charge on any atom is 0.335 e. The number of anilines is 1. The first-order chi connectivity index (χ1) is 12.3. The van der Waals surface area contributed by atoms with Crippen LogP contribution < -0.4 is 10.0 Å². The molecule has 2 amide bonds. The Morgan fingerprint density at radius 2 is 1.81 bits per heavy atom. The van der Waals surface area contributed by atoms with Crippen molar-refractivity contribution in [3.63, 3.8) is 0 Å². The zero-order chi connectivity index (χ0) is 18.7. The van der Waals surface area contributed by atoms with Crippen LogP contribution in [0.1, 0.15) is 11.4 Å². The Morgan fingerprint density at radius 1 is 1.12 bits per heavy atom. The summed E-state index contributed by atoms with van der Waals surface area (Å²) < 4.78 is 30.9. The number of nitrogens with zero attached hydrogens (tertiary/aromatic N) is 4. The van der Waals surface area contributed by atoms with Crippen molar-refractivity contribution in [2.45, 2.75) is 18.7 Å². The molecule has 0 bridgehead atoms. The Kier molecular flexibility index (Phi) is 4.91. The summed E-state index contributed by atoms with van der Waals surface area (Å²) in [7, 11) is -4.14. The van der Waals surface area contributed by atoms with Crippen molar-refractivity contribution in [3.05, 3.63) is 47.1 Å². The van der Waals surface area contributed by atoms with E-state index >= 15 is 0 Å². The highest BCUT2D eigenvalue weighted by Gasteiger charge is 2.23. The van der Waals surface area contributed by atoms with Crippen molar-refractivity contribution in [3.8, 4) is 11.3 Å². The number of carbonyl (C=O) groups is 1. The zero-order valence-electron chi connectivity index (χ0n) is 13.8. The molecule has 0 aliphatic rings. The third-order valence-corrected chi connectivity index (χ3v) is 5.14. The molecule has 134 valence electrons. The van der Waals surface area contributed by atoms with Gasteiger partial charge in [-0.3, -0.25) is 5.32 Å². The molecule has 11 heteroatoms. The molecule has 1 aromatic carbocycles. The molecule has 26 heavy (non-hydrogen) atoms. The van der Waals surface area contributed by atoms with Crippen LogP contribution >= 0.6 is 11.5 Å². The van der Waals surface area contributed by atoms with Crippen LogP contribution in [0.2, 0.25) is 0 Å². The number of hydrogen-bond donors (Lipinski definition) is 2. The maximum absolute atomic E-state index is 12.6. The monoisotopic (exact) mass is 390 g/mol. The van der Waals surface area contributed by atoms with E-state index in [2.05, 4.69) is 24.9 Å². The Hall–Kier alpha value is -2.92. The van der Waals surface area contributed by atoms with Gasteiger partial charge in [-0.05, 0) is 37.5 Å². The van der Waals surface area contributed by atoms with Crippen LogP contribution in [-0.4, -0.2) is 34.0 Å². The van der Waals surface area contributed by atoms with Crippen molar-refractivity contribution in [1.82, 2.24) is 24.3 Å². The fourth-order valence-electron chi connectivity index (χ4n) is 2.28. The van der Waals surface area contributed by atoms with Gasteiger partial charge in [0.25, 0.3) is 10.0 Å². The largest absolute Gasteiger partial charge is 0.335 e. The van der Waals surface area contributed by atoms with Gasteiger partial charge in [0.05, 0.1) is 4.90 Å². The number of carbonyl (C=O) groups excluding carboxylic acids is 1. The molecule has 0 aliphatic heterocycles. The summed E-state index contributed by atoms with van der Waals surface area (Å²) in [6.07, 6.45) is 0. The number of sulfonamides is 1. The van der Waals surface area contributed by atoms with Crippen LogP contribution in [0.25, 0.3) is 11.3 Å². The van der Waals surface area contributed by atoms with E-state index in [-0.39, 0.29) is 10.8 Å². The lowest BCUT2D eigenvalue weighted by Gasteiger charge is -2.11. The Bertz CT molecular complexity index is 1030. The molecule has 0 saturated heterocycles. The van der Waals surface area contributed by atoms with E-state index in [1.807, 2.05) is 4.72 Å². The molecule has 0 radical (unpaired) electrons. The summed E-state index contributed by atoms with van der Waals surface area (Å²) in [5.41, 5.74) is 2.06. The van der Waals surface area contributed by atoms with E-state index in [1.165, 1.54) is 6.07 Å². The normalized spacial score (nSPS) is 11.2. The highest BCUT2D eigenvalue weighted by Crippen LogP contribution is 2.26. The predicted molar refractivity (Wildman–Crippen MR) is 96.2 cm³/mol. The Morgan fingerprint density at radius 3 is 2.46 bits per heavy atom. The van der Waals surface area contributed by atoms with E-state index in [0.29, 0.717) is 22.6 Å². The molecule has 2 heterocycles. The van der Waals surface area contributed by atoms with Crippen LogP contribution in [0.5, 0.6) is 0 Å². The molecule has 0 saturated carbocycles. The number of amides is 2. The summed E-state index contributed by atoms with van der Waals surface area (Å²) >= 11 is 1.10. The molecule has 2 N–H and O–H groups in total. The number of hydrogen-bond acceptors (Lipinski definition) is 8. The van der Waals surface area contributed by atoms with E-state index < -0.39 is 16.1 Å². The molecule has 0 unspecified atom stereocenters. The summed E-state index contributed by atoms with van der Waals surface area (Å²) in [4.78, 5) is 20.1. The van der Waals surface area contributed by atoms with Gasteiger partial charge in [0.15, 0.2) is 0 Å². The van der Waals surface area contributed by atoms with Gasteiger partial charge in [-0.25, -0.2) is 27.9 Å². The van der Waals surface area contributed by atoms with Crippen molar-refractivity contribution in [2.75, 3.05) is 5.32 Å². The van der Waals surface area contributed by atoms with Gasteiger partial charge in [0.1, 0.15) is 5.69 Å². The quantitative estimate of drug-likeness (QED) is 0.698. The minimum absolute atomic E-state index is 0.0205. The third-order valence-electron chi connectivity index (χ3n) is 3.25. The van der Waals surface area contributed by atoms with Crippen molar-refractivity contribution in [1.29, 1.82) is 0 Å². The van der Waals surface area contributed by atoms with E-state index in [1.54, 1.807) is 43.5 Å². The van der Waals surface area contributed by atoms with Gasteiger partial charge in [-0.15, -0.1) is 5.10 Å². The van der Waals surface area contributed by atoms with Gasteiger partial charge < -0.3 is 0 Å². The Balaban J connectivity index is 1.84. The van der Waals surface area contributed by atoms with Gasteiger partial charge in [0, 0.05) is 22.3 Å². The van der Waals surface area contributed by atoms with Gasteiger partial charge in [-0.1, -0.05) is 22.7 Å². The first-order valence-electron chi connectivity index (χ1n) is 7.38. The molecule has 0 atom stereocenters. The lowest BCUT2D eigenvalue weighted by molar-refractivity contribution is 0.256. The summed E-state index contributed by atoms with van der Waals surface area (Å²) in [6, 6.07) is 6.99. The first-order valence-corrected chi connectivity index (χ1v) is 9.70. The highest BCUT2D eigenvalue weighted by atomic mass is 32.2. The van der Waals surface area contributed by atoms with Crippen LogP contribution in [0.3, 0.4) is 0 Å². The van der Waals surface area contributed by atoms with Gasteiger partial charge in [0.2, 0.25) is 5.95 Å². The van der Waals surface area contributed by atoms with Gasteiger partial charge in [-0.2, -0.15) is 0 Å².